The van der Waals surface area contributed by atoms with Crippen molar-refractivity contribution in [3.8, 4) is 0 Å². The highest BCUT2D eigenvalue weighted by atomic mass is 16.2. The standard InChI is InChI=1S/C26H36N6O4/c1-3-27-9-13-29(14-10-27)21-17-23(33)31(25(21)35)19-5-7-20(8-6-19)32-24(34)18-22(26(32)36)30-15-11-28(4-2)12-16-30/h5-8,21-22H,3-4,9-18H2,1-2H3/t21-,22-/m1/s1. The predicted octanol–water partition coefficient (Wildman–Crippen LogP) is 0.225. The second-order valence-corrected chi connectivity index (χ2v) is 10.0. The summed E-state index contributed by atoms with van der Waals surface area (Å²) in [4.78, 5) is 63.4. The lowest BCUT2D eigenvalue weighted by Crippen LogP contribution is -2.52. The predicted molar refractivity (Wildman–Crippen MR) is 136 cm³/mol. The number of carbonyl (C=O) groups is 4. The molecule has 0 N–H and O–H groups in total. The lowest BCUT2D eigenvalue weighted by atomic mass is 10.1. The van der Waals surface area contributed by atoms with Crippen molar-refractivity contribution in [2.75, 3.05) is 75.2 Å². The van der Waals surface area contributed by atoms with Gasteiger partial charge in [-0.25, -0.2) is 9.80 Å². The van der Waals surface area contributed by atoms with Gasteiger partial charge in [0.05, 0.1) is 36.3 Å². The maximum absolute atomic E-state index is 13.2. The van der Waals surface area contributed by atoms with Gasteiger partial charge in [0, 0.05) is 52.4 Å². The van der Waals surface area contributed by atoms with E-state index in [1.54, 1.807) is 24.3 Å². The molecular formula is C26H36N6O4. The first kappa shape index (κ1) is 25.0. The molecule has 0 saturated carbocycles. The Balaban J connectivity index is 1.25. The van der Waals surface area contributed by atoms with Crippen LogP contribution in [0.5, 0.6) is 0 Å². The summed E-state index contributed by atoms with van der Waals surface area (Å²) in [5.41, 5.74) is 0.963. The molecule has 4 aliphatic rings. The highest BCUT2D eigenvalue weighted by Crippen LogP contribution is 2.31. The molecule has 4 aliphatic heterocycles. The van der Waals surface area contributed by atoms with E-state index in [4.69, 9.17) is 0 Å². The van der Waals surface area contributed by atoms with E-state index in [0.29, 0.717) is 11.4 Å². The Morgan fingerprint density at radius 3 is 1.22 bits per heavy atom. The molecule has 0 unspecified atom stereocenters. The van der Waals surface area contributed by atoms with Crippen LogP contribution in [-0.4, -0.2) is 121 Å². The molecule has 4 heterocycles. The van der Waals surface area contributed by atoms with E-state index in [1.807, 2.05) is 0 Å². The average molecular weight is 497 g/mol. The van der Waals surface area contributed by atoms with Crippen LogP contribution >= 0.6 is 0 Å². The fraction of sp³-hybridized carbons (Fsp3) is 0.615. The Labute approximate surface area is 212 Å². The number of hydrogen-bond donors (Lipinski definition) is 0. The third-order valence-electron chi connectivity index (χ3n) is 8.20. The molecule has 5 rings (SSSR count). The Morgan fingerprint density at radius 1 is 0.583 bits per heavy atom. The van der Waals surface area contributed by atoms with E-state index in [2.05, 4.69) is 33.4 Å². The molecule has 36 heavy (non-hydrogen) atoms. The largest absolute Gasteiger partial charge is 0.301 e. The van der Waals surface area contributed by atoms with Crippen LogP contribution in [0.15, 0.2) is 24.3 Å². The quantitative estimate of drug-likeness (QED) is 0.517. The maximum Gasteiger partial charge on any atom is 0.251 e. The molecule has 0 radical (unpaired) electrons. The summed E-state index contributed by atoms with van der Waals surface area (Å²) in [5, 5.41) is 0. The number of piperazine rings is 2. The summed E-state index contributed by atoms with van der Waals surface area (Å²) in [5.74, 6) is -0.819. The number of carbonyl (C=O) groups excluding carboxylic acids is 4. The maximum atomic E-state index is 13.2. The molecule has 194 valence electrons. The summed E-state index contributed by atoms with van der Waals surface area (Å²) >= 11 is 0. The lowest BCUT2D eigenvalue weighted by molar-refractivity contribution is -0.124. The van der Waals surface area contributed by atoms with Crippen molar-refractivity contribution < 1.29 is 19.2 Å². The van der Waals surface area contributed by atoms with E-state index in [0.717, 1.165) is 65.4 Å². The molecule has 10 nitrogen and oxygen atoms in total. The third-order valence-corrected chi connectivity index (χ3v) is 8.20. The normalized spacial score (nSPS) is 27.6. The molecule has 10 heteroatoms. The Morgan fingerprint density at radius 2 is 0.917 bits per heavy atom. The first-order valence-electron chi connectivity index (χ1n) is 13.2. The van der Waals surface area contributed by atoms with Gasteiger partial charge in [-0.05, 0) is 37.4 Å². The minimum atomic E-state index is -0.424. The molecule has 4 amide bonds. The van der Waals surface area contributed by atoms with Crippen molar-refractivity contribution in [1.82, 2.24) is 19.6 Å². The Hall–Kier alpha value is -2.66. The molecular weight excluding hydrogens is 460 g/mol. The second-order valence-electron chi connectivity index (χ2n) is 10.0. The monoisotopic (exact) mass is 496 g/mol. The first-order valence-corrected chi connectivity index (χ1v) is 13.2. The second kappa shape index (κ2) is 10.4. The molecule has 2 atom stereocenters. The average Bonchev–Trinajstić information content (AvgIpc) is 3.38. The van der Waals surface area contributed by atoms with Crippen LogP contribution in [0.4, 0.5) is 11.4 Å². The van der Waals surface area contributed by atoms with E-state index < -0.39 is 12.1 Å². The first-order chi connectivity index (χ1) is 17.4. The van der Waals surface area contributed by atoms with Gasteiger partial charge < -0.3 is 9.80 Å². The van der Waals surface area contributed by atoms with Gasteiger partial charge in [0.2, 0.25) is 11.8 Å². The fourth-order valence-corrected chi connectivity index (χ4v) is 5.88. The van der Waals surface area contributed by atoms with Crippen LogP contribution in [0.2, 0.25) is 0 Å². The van der Waals surface area contributed by atoms with E-state index in [1.165, 1.54) is 9.80 Å². The number of nitrogens with zero attached hydrogens (tertiary/aromatic N) is 6. The van der Waals surface area contributed by atoms with Crippen LogP contribution in [0.3, 0.4) is 0 Å². The highest BCUT2D eigenvalue weighted by molar-refractivity contribution is 6.24. The molecule has 4 saturated heterocycles. The molecule has 4 fully saturated rings. The van der Waals surface area contributed by atoms with Crippen LogP contribution in [0.25, 0.3) is 0 Å². The third kappa shape index (κ3) is 4.58. The number of anilines is 2. The van der Waals surface area contributed by atoms with E-state index in [-0.39, 0.29) is 36.5 Å². The number of hydrogen-bond acceptors (Lipinski definition) is 8. The van der Waals surface area contributed by atoms with E-state index in [9.17, 15) is 19.2 Å². The van der Waals surface area contributed by atoms with Crippen molar-refractivity contribution in [2.24, 2.45) is 0 Å². The molecule has 0 aliphatic carbocycles. The minimum absolute atomic E-state index is 0.183. The van der Waals surface area contributed by atoms with Crippen molar-refractivity contribution >= 4 is 35.0 Å². The van der Waals surface area contributed by atoms with Crippen LogP contribution in [-0.2, 0) is 19.2 Å². The zero-order chi connectivity index (χ0) is 25.4. The van der Waals surface area contributed by atoms with Crippen molar-refractivity contribution in [2.45, 2.75) is 38.8 Å². The number of benzene rings is 1. The fourth-order valence-electron chi connectivity index (χ4n) is 5.88. The van der Waals surface area contributed by atoms with Crippen LogP contribution < -0.4 is 9.80 Å². The molecule has 1 aromatic rings. The van der Waals surface area contributed by atoms with Gasteiger partial charge >= 0.3 is 0 Å². The number of rotatable bonds is 6. The molecule has 0 spiro atoms. The van der Waals surface area contributed by atoms with E-state index >= 15 is 0 Å². The van der Waals surface area contributed by atoms with Crippen LogP contribution in [0.1, 0.15) is 26.7 Å². The summed E-state index contributed by atoms with van der Waals surface area (Å²) in [7, 11) is 0. The smallest absolute Gasteiger partial charge is 0.251 e. The van der Waals surface area contributed by atoms with Gasteiger partial charge in [0.25, 0.3) is 11.8 Å². The SMILES string of the molecule is CCN1CCN([C@@H]2CC(=O)N(c3ccc(N4C(=O)C[C@@H](N5CCN(CC)CC5)C4=O)cc3)C2=O)CC1. The number of likely N-dealkylation sites (N-methyl/N-ethyl adjacent to an activating group) is 2. The zero-order valence-electron chi connectivity index (χ0n) is 21.3. The summed E-state index contributed by atoms with van der Waals surface area (Å²) in [6, 6.07) is 5.80. The molecule has 0 aromatic heterocycles. The zero-order valence-corrected chi connectivity index (χ0v) is 21.3. The topological polar surface area (TPSA) is 87.7 Å². The van der Waals surface area contributed by atoms with Crippen molar-refractivity contribution in [1.29, 1.82) is 0 Å². The van der Waals surface area contributed by atoms with Gasteiger partial charge in [0.1, 0.15) is 0 Å². The number of imide groups is 2. The van der Waals surface area contributed by atoms with Gasteiger partial charge in [-0.1, -0.05) is 13.8 Å². The van der Waals surface area contributed by atoms with Gasteiger partial charge in [-0.15, -0.1) is 0 Å². The molecule has 1 aromatic carbocycles. The van der Waals surface area contributed by atoms with Gasteiger partial charge in [-0.3, -0.25) is 29.0 Å². The minimum Gasteiger partial charge on any atom is -0.301 e. The summed E-state index contributed by atoms with van der Waals surface area (Å²) in [6.07, 6.45) is 0.367. The lowest BCUT2D eigenvalue weighted by Gasteiger charge is -2.36. The van der Waals surface area contributed by atoms with Crippen molar-refractivity contribution in [3.05, 3.63) is 24.3 Å². The molecule has 0 bridgehead atoms. The van der Waals surface area contributed by atoms with Crippen LogP contribution in [0, 0.1) is 0 Å². The highest BCUT2D eigenvalue weighted by Gasteiger charge is 2.45. The van der Waals surface area contributed by atoms with Gasteiger partial charge in [-0.2, -0.15) is 0 Å². The summed E-state index contributed by atoms with van der Waals surface area (Å²) < 4.78 is 0. The Kier molecular flexibility index (Phi) is 7.21. The van der Waals surface area contributed by atoms with Crippen molar-refractivity contribution in [3.63, 3.8) is 0 Å². The summed E-state index contributed by atoms with van der Waals surface area (Å²) in [6.45, 7) is 12.9. The number of amides is 4. The Bertz CT molecular complexity index is 933. The van der Waals surface area contributed by atoms with Gasteiger partial charge in [0.15, 0.2) is 0 Å².